The van der Waals surface area contributed by atoms with Crippen LogP contribution < -0.4 is 4.31 Å². The highest BCUT2D eigenvalue weighted by atomic mass is 79.9. The molecule has 0 aromatic carbocycles. The van der Waals surface area contributed by atoms with Crippen molar-refractivity contribution in [3.05, 3.63) is 21.9 Å². The molecule has 1 atom stereocenters. The lowest BCUT2D eigenvalue weighted by atomic mass is 10.4. The molecule has 1 unspecified atom stereocenters. The molecule has 0 saturated carbocycles. The van der Waals surface area contributed by atoms with Crippen molar-refractivity contribution in [3.63, 3.8) is 0 Å². The summed E-state index contributed by atoms with van der Waals surface area (Å²) >= 11 is 6.77. The second-order valence-corrected chi connectivity index (χ2v) is 4.42. The van der Waals surface area contributed by atoms with Gasteiger partial charge >= 0.3 is 0 Å². The number of hydrogen-bond donors (Lipinski definition) is 1. The van der Waals surface area contributed by atoms with E-state index >= 15 is 0 Å². The van der Waals surface area contributed by atoms with Crippen molar-refractivity contribution in [1.82, 2.24) is 4.98 Å². The summed E-state index contributed by atoms with van der Waals surface area (Å²) in [6.07, 6.45) is 1.42. The second kappa shape index (κ2) is 4.36. The van der Waals surface area contributed by atoms with Crippen molar-refractivity contribution in [2.45, 2.75) is 0 Å². The molecule has 0 aliphatic heterocycles. The molecule has 0 aliphatic rings. The van der Waals surface area contributed by atoms with Crippen LogP contribution in [-0.2, 0) is 11.3 Å². The SMILES string of the molecule is CN(c1cnc(Cl)c(Br)c1)S(=O)O. The Labute approximate surface area is 91.5 Å². The van der Waals surface area contributed by atoms with E-state index in [1.54, 1.807) is 6.07 Å². The minimum Gasteiger partial charge on any atom is -0.289 e. The third kappa shape index (κ3) is 2.63. The van der Waals surface area contributed by atoms with E-state index in [1.165, 1.54) is 13.2 Å². The van der Waals surface area contributed by atoms with Crippen molar-refractivity contribution in [1.29, 1.82) is 0 Å². The summed E-state index contributed by atoms with van der Waals surface area (Å²) in [6.45, 7) is 0. The highest BCUT2D eigenvalue weighted by Gasteiger charge is 2.08. The van der Waals surface area contributed by atoms with Crippen molar-refractivity contribution in [2.24, 2.45) is 0 Å². The summed E-state index contributed by atoms with van der Waals surface area (Å²) in [5.41, 5.74) is 0.511. The van der Waals surface area contributed by atoms with Crippen molar-refractivity contribution >= 4 is 44.5 Å². The second-order valence-electron chi connectivity index (χ2n) is 2.19. The Bertz CT molecular complexity index is 349. The maximum atomic E-state index is 10.7. The number of hydrogen-bond acceptors (Lipinski definition) is 2. The fraction of sp³-hybridized carbons (Fsp3) is 0.167. The molecule has 0 saturated heterocycles. The van der Waals surface area contributed by atoms with Crippen LogP contribution in [0.15, 0.2) is 16.7 Å². The third-order valence-corrected chi connectivity index (χ3v) is 3.19. The molecular weight excluding hydrogens is 280 g/mol. The summed E-state index contributed by atoms with van der Waals surface area (Å²) in [5.74, 6) is 0. The van der Waals surface area contributed by atoms with Gasteiger partial charge in [0.25, 0.3) is 11.3 Å². The molecule has 0 amide bonds. The molecule has 0 radical (unpaired) electrons. The molecule has 1 aromatic rings. The number of aromatic nitrogens is 1. The molecule has 0 fully saturated rings. The van der Waals surface area contributed by atoms with Gasteiger partial charge in [-0.05, 0) is 22.0 Å². The van der Waals surface area contributed by atoms with Crippen LogP contribution in [0.3, 0.4) is 0 Å². The largest absolute Gasteiger partial charge is 0.289 e. The Morgan fingerprint density at radius 3 is 2.85 bits per heavy atom. The number of rotatable bonds is 2. The van der Waals surface area contributed by atoms with Crippen LogP contribution in [0.4, 0.5) is 5.69 Å². The number of anilines is 1. The Balaban J connectivity index is 3.03. The van der Waals surface area contributed by atoms with Gasteiger partial charge in [-0.3, -0.25) is 8.86 Å². The van der Waals surface area contributed by atoms with Crippen LogP contribution in [0.5, 0.6) is 0 Å². The third-order valence-electron chi connectivity index (χ3n) is 1.38. The van der Waals surface area contributed by atoms with Crippen molar-refractivity contribution in [2.75, 3.05) is 11.4 Å². The van der Waals surface area contributed by atoms with E-state index in [0.29, 0.717) is 15.3 Å². The van der Waals surface area contributed by atoms with Gasteiger partial charge in [-0.1, -0.05) is 11.6 Å². The maximum Gasteiger partial charge on any atom is 0.261 e. The first kappa shape index (κ1) is 10.9. The van der Waals surface area contributed by atoms with Gasteiger partial charge in [-0.25, -0.2) is 9.19 Å². The predicted molar refractivity (Wildman–Crippen MR) is 56.1 cm³/mol. The Kier molecular flexibility index (Phi) is 3.66. The van der Waals surface area contributed by atoms with E-state index in [2.05, 4.69) is 20.9 Å². The van der Waals surface area contributed by atoms with E-state index in [1.807, 2.05) is 0 Å². The monoisotopic (exact) mass is 284 g/mol. The first-order valence-corrected chi connectivity index (χ1v) is 5.41. The average molecular weight is 286 g/mol. The van der Waals surface area contributed by atoms with Gasteiger partial charge in [-0.15, -0.1) is 0 Å². The summed E-state index contributed by atoms with van der Waals surface area (Å²) in [6, 6.07) is 1.61. The van der Waals surface area contributed by atoms with Crippen LogP contribution >= 0.6 is 27.5 Å². The maximum absolute atomic E-state index is 10.7. The quantitative estimate of drug-likeness (QED) is 0.668. The highest BCUT2D eigenvalue weighted by Crippen LogP contribution is 2.24. The normalized spacial score (nSPS) is 12.6. The van der Waals surface area contributed by atoms with E-state index in [9.17, 15) is 4.21 Å². The molecule has 1 aromatic heterocycles. The van der Waals surface area contributed by atoms with Gasteiger partial charge in [0, 0.05) is 7.05 Å². The molecule has 4 nitrogen and oxygen atoms in total. The van der Waals surface area contributed by atoms with Crippen LogP contribution in [0, 0.1) is 0 Å². The van der Waals surface area contributed by atoms with Crippen LogP contribution in [0.1, 0.15) is 0 Å². The molecule has 13 heavy (non-hydrogen) atoms. The van der Waals surface area contributed by atoms with E-state index < -0.39 is 11.3 Å². The lowest BCUT2D eigenvalue weighted by Crippen LogP contribution is -2.19. The molecule has 1 heterocycles. The molecule has 1 N–H and O–H groups in total. The molecule has 0 spiro atoms. The highest BCUT2D eigenvalue weighted by molar-refractivity contribution is 9.10. The summed E-state index contributed by atoms with van der Waals surface area (Å²) in [7, 11) is 1.48. The lowest BCUT2D eigenvalue weighted by Gasteiger charge is -2.13. The van der Waals surface area contributed by atoms with Gasteiger partial charge in [0.1, 0.15) is 5.15 Å². The Morgan fingerprint density at radius 2 is 2.38 bits per heavy atom. The van der Waals surface area contributed by atoms with Gasteiger partial charge in [0.2, 0.25) is 0 Å². The average Bonchev–Trinajstić information content (AvgIpc) is 2.08. The standard InChI is InChI=1S/C6H6BrClN2O2S/c1-10(13(11)12)4-2-5(7)6(8)9-3-4/h2-3H,1H3,(H,11,12). The van der Waals surface area contributed by atoms with E-state index in [0.717, 1.165) is 4.31 Å². The number of pyridine rings is 1. The Hall–Kier alpha value is -0.170. The molecule has 1 rings (SSSR count). The summed E-state index contributed by atoms with van der Waals surface area (Å²) < 4.78 is 21.2. The predicted octanol–water partition coefficient (Wildman–Crippen LogP) is 2.07. The Morgan fingerprint density at radius 1 is 1.77 bits per heavy atom. The molecule has 7 heteroatoms. The first-order chi connectivity index (χ1) is 6.02. The van der Waals surface area contributed by atoms with Crippen LogP contribution in [0.25, 0.3) is 0 Å². The first-order valence-electron chi connectivity index (χ1n) is 3.18. The van der Waals surface area contributed by atoms with Gasteiger partial charge in [-0.2, -0.15) is 0 Å². The van der Waals surface area contributed by atoms with Gasteiger partial charge < -0.3 is 0 Å². The zero-order chi connectivity index (χ0) is 10.0. The zero-order valence-electron chi connectivity index (χ0n) is 6.57. The number of nitrogens with zero attached hydrogens (tertiary/aromatic N) is 2. The zero-order valence-corrected chi connectivity index (χ0v) is 9.73. The van der Waals surface area contributed by atoms with Gasteiger partial charge in [0.15, 0.2) is 0 Å². The topological polar surface area (TPSA) is 53.4 Å². The molecular formula is C6H6BrClN2O2S. The minimum absolute atomic E-state index is 0.320. The molecule has 0 bridgehead atoms. The molecule has 0 aliphatic carbocycles. The fourth-order valence-corrected chi connectivity index (χ4v) is 1.39. The fourth-order valence-electron chi connectivity index (χ4n) is 0.674. The number of halogens is 2. The van der Waals surface area contributed by atoms with E-state index in [-0.39, 0.29) is 0 Å². The summed E-state index contributed by atoms with van der Waals surface area (Å²) in [5, 5.41) is 0.320. The summed E-state index contributed by atoms with van der Waals surface area (Å²) in [4.78, 5) is 3.81. The lowest BCUT2D eigenvalue weighted by molar-refractivity contribution is 0.562. The van der Waals surface area contributed by atoms with E-state index in [4.69, 9.17) is 16.2 Å². The van der Waals surface area contributed by atoms with Crippen molar-refractivity contribution < 1.29 is 8.76 Å². The van der Waals surface area contributed by atoms with Gasteiger partial charge in [0.05, 0.1) is 16.4 Å². The van der Waals surface area contributed by atoms with Crippen molar-refractivity contribution in [3.8, 4) is 0 Å². The van der Waals surface area contributed by atoms with Crippen LogP contribution in [-0.4, -0.2) is 20.8 Å². The minimum atomic E-state index is -2.05. The van der Waals surface area contributed by atoms with Crippen LogP contribution in [0.2, 0.25) is 5.15 Å². The molecule has 72 valence electrons. The smallest absolute Gasteiger partial charge is 0.261 e.